The molecule has 0 radical (unpaired) electrons. The molecular formula is C25H28F3N7O4. The van der Waals surface area contributed by atoms with Crippen molar-refractivity contribution >= 4 is 23.1 Å². The number of halogens is 3. The number of para-hydroxylation sites is 1. The number of methoxy groups -OCH3 is 1. The van der Waals surface area contributed by atoms with Crippen molar-refractivity contribution in [3.63, 3.8) is 0 Å². The molecule has 208 valence electrons. The molecule has 1 aromatic carbocycles. The minimum Gasteiger partial charge on any atom is -0.490 e. The Bertz CT molecular complexity index is 1380. The first kappa shape index (κ1) is 26.7. The Morgan fingerprint density at radius 1 is 1.28 bits per heavy atom. The highest BCUT2D eigenvalue weighted by atomic mass is 19.4. The molecule has 0 spiro atoms. The fourth-order valence-electron chi connectivity index (χ4n) is 4.86. The maximum Gasteiger partial charge on any atom is 0.422 e. The molecule has 3 atom stereocenters. The maximum atomic E-state index is 14.3. The summed E-state index contributed by atoms with van der Waals surface area (Å²) >= 11 is 0. The monoisotopic (exact) mass is 547 g/mol. The number of nitrogens with zero attached hydrogens (tertiary/aromatic N) is 6. The van der Waals surface area contributed by atoms with Crippen LogP contribution in [0.4, 0.5) is 18.0 Å². The number of carbonyl (C=O) groups is 1. The van der Waals surface area contributed by atoms with E-state index in [1.807, 2.05) is 31.2 Å². The van der Waals surface area contributed by atoms with Crippen molar-refractivity contribution in [2.75, 3.05) is 26.8 Å². The minimum atomic E-state index is -4.60. The van der Waals surface area contributed by atoms with Crippen LogP contribution >= 0.6 is 0 Å². The number of rotatable bonds is 8. The molecule has 2 aliphatic heterocycles. The molecule has 1 saturated heterocycles. The van der Waals surface area contributed by atoms with Gasteiger partial charge in [0, 0.05) is 43.9 Å². The average Bonchev–Trinajstić information content (AvgIpc) is 3.52. The lowest BCUT2D eigenvalue weighted by Gasteiger charge is -2.39. The lowest BCUT2D eigenvalue weighted by Crippen LogP contribution is -2.55. The van der Waals surface area contributed by atoms with Crippen LogP contribution < -0.4 is 10.1 Å². The highest BCUT2D eigenvalue weighted by Crippen LogP contribution is 2.34. The largest absolute Gasteiger partial charge is 0.490 e. The topological polar surface area (TPSA) is 118 Å². The zero-order valence-electron chi connectivity index (χ0n) is 21.3. The van der Waals surface area contributed by atoms with Crippen molar-refractivity contribution in [1.29, 1.82) is 0 Å². The van der Waals surface area contributed by atoms with Gasteiger partial charge in [0.15, 0.2) is 17.8 Å². The van der Waals surface area contributed by atoms with Gasteiger partial charge in [-0.15, -0.1) is 10.2 Å². The molecular weight excluding hydrogens is 519 g/mol. The number of carboxylic acid groups (broad SMARTS) is 1. The number of alkyl halides is 3. The smallest absolute Gasteiger partial charge is 0.422 e. The molecule has 2 aliphatic rings. The number of benzene rings is 1. The van der Waals surface area contributed by atoms with E-state index in [0.29, 0.717) is 35.2 Å². The normalized spacial score (nSPS) is 19.2. The second-order valence-corrected chi connectivity index (χ2v) is 9.51. The van der Waals surface area contributed by atoms with Gasteiger partial charge in [-0.3, -0.25) is 9.47 Å². The molecule has 0 bridgehead atoms. The first-order valence-corrected chi connectivity index (χ1v) is 12.4. The second kappa shape index (κ2) is 10.7. The third-order valence-electron chi connectivity index (χ3n) is 6.78. The predicted molar refractivity (Wildman–Crippen MR) is 135 cm³/mol. The quantitative estimate of drug-likeness (QED) is 0.438. The number of amides is 1. The summed E-state index contributed by atoms with van der Waals surface area (Å²) in [5, 5.41) is 20.4. The van der Waals surface area contributed by atoms with Crippen molar-refractivity contribution in [3.8, 4) is 17.3 Å². The Morgan fingerprint density at radius 3 is 2.82 bits per heavy atom. The van der Waals surface area contributed by atoms with Crippen LogP contribution in [0, 0.1) is 0 Å². The van der Waals surface area contributed by atoms with E-state index >= 15 is 0 Å². The minimum absolute atomic E-state index is 0.0600. The Labute approximate surface area is 221 Å². The van der Waals surface area contributed by atoms with Crippen LogP contribution in [0.2, 0.25) is 0 Å². The number of nitrogens with one attached hydrogen (secondary N) is 1. The van der Waals surface area contributed by atoms with Crippen LogP contribution in [0.3, 0.4) is 0 Å². The molecule has 14 heteroatoms. The van der Waals surface area contributed by atoms with Crippen LogP contribution in [0.15, 0.2) is 36.5 Å². The van der Waals surface area contributed by atoms with E-state index in [0.717, 1.165) is 10.3 Å². The van der Waals surface area contributed by atoms with E-state index in [-0.39, 0.29) is 32.3 Å². The molecule has 2 aromatic heterocycles. The third-order valence-corrected chi connectivity index (χ3v) is 6.78. The molecule has 3 aromatic rings. The van der Waals surface area contributed by atoms with E-state index in [9.17, 15) is 18.0 Å². The van der Waals surface area contributed by atoms with Crippen molar-refractivity contribution in [3.05, 3.63) is 42.4 Å². The Hall–Kier alpha value is -3.91. The number of fused-ring (bicyclic) bond motifs is 2. The van der Waals surface area contributed by atoms with Crippen LogP contribution in [-0.2, 0) is 11.4 Å². The van der Waals surface area contributed by atoms with Crippen LogP contribution in [0.1, 0.15) is 19.2 Å². The number of pyridine rings is 1. The summed E-state index contributed by atoms with van der Waals surface area (Å²) in [6.07, 6.45) is -4.88. The van der Waals surface area contributed by atoms with Gasteiger partial charge < -0.3 is 24.8 Å². The van der Waals surface area contributed by atoms with Crippen molar-refractivity contribution in [2.24, 2.45) is 0 Å². The van der Waals surface area contributed by atoms with Crippen LogP contribution in [0.25, 0.3) is 28.5 Å². The lowest BCUT2D eigenvalue weighted by atomic mass is 10.1. The van der Waals surface area contributed by atoms with E-state index in [4.69, 9.17) is 19.6 Å². The zero-order valence-corrected chi connectivity index (χ0v) is 21.3. The number of ether oxygens (including phenoxy) is 2. The molecule has 0 aliphatic carbocycles. The van der Waals surface area contributed by atoms with Gasteiger partial charge in [0.2, 0.25) is 0 Å². The molecule has 1 amide bonds. The second-order valence-electron chi connectivity index (χ2n) is 9.51. The van der Waals surface area contributed by atoms with Crippen molar-refractivity contribution < 1.29 is 32.5 Å². The van der Waals surface area contributed by atoms with Gasteiger partial charge in [0.25, 0.3) is 0 Å². The van der Waals surface area contributed by atoms with Gasteiger partial charge in [0.1, 0.15) is 18.1 Å². The van der Waals surface area contributed by atoms with Gasteiger partial charge in [-0.1, -0.05) is 12.1 Å². The first-order valence-electron chi connectivity index (χ1n) is 12.4. The van der Waals surface area contributed by atoms with E-state index < -0.39 is 24.5 Å². The summed E-state index contributed by atoms with van der Waals surface area (Å²) in [5.41, 5.74) is 1.04. The molecule has 0 saturated carbocycles. The highest BCUT2D eigenvalue weighted by Gasteiger charge is 2.49. The molecule has 0 unspecified atom stereocenters. The Morgan fingerprint density at radius 2 is 2.08 bits per heavy atom. The molecule has 1 fully saturated rings. The van der Waals surface area contributed by atoms with Crippen LogP contribution in [0.5, 0.6) is 5.75 Å². The summed E-state index contributed by atoms with van der Waals surface area (Å²) in [5.74, 6) is 1.23. The molecule has 11 nitrogen and oxygen atoms in total. The predicted octanol–water partition coefficient (Wildman–Crippen LogP) is 3.38. The third kappa shape index (κ3) is 5.61. The Kier molecular flexibility index (Phi) is 7.32. The molecule has 39 heavy (non-hydrogen) atoms. The van der Waals surface area contributed by atoms with E-state index in [1.54, 1.807) is 17.7 Å². The summed E-state index contributed by atoms with van der Waals surface area (Å²) in [6, 6.07) is 8.52. The van der Waals surface area contributed by atoms with Crippen molar-refractivity contribution in [2.45, 2.75) is 44.5 Å². The SMILES string of the molecule is CO[C@H](C)COc1cc(-c2nnc3n2CN([C@@H](N2CC[C@H](NC(=O)O)C2)C(F)(F)F)C=C3)nc2ccccc12. The Balaban J connectivity index is 1.45. The number of aromatic nitrogens is 4. The van der Waals surface area contributed by atoms with Gasteiger partial charge >= 0.3 is 12.3 Å². The summed E-state index contributed by atoms with van der Waals surface area (Å²) < 4.78 is 55.9. The molecule has 2 N–H and O–H groups in total. The average molecular weight is 548 g/mol. The first-order chi connectivity index (χ1) is 18.6. The highest BCUT2D eigenvalue weighted by molar-refractivity contribution is 5.87. The number of likely N-dealkylation sites (tertiary alicyclic amines) is 1. The van der Waals surface area contributed by atoms with Gasteiger partial charge in [-0.05, 0) is 31.6 Å². The fraction of sp³-hybridized carbons (Fsp3) is 0.440. The van der Waals surface area contributed by atoms with Crippen LogP contribution in [-0.4, -0.2) is 92.0 Å². The number of hydrogen-bond acceptors (Lipinski definition) is 8. The zero-order chi connectivity index (χ0) is 27.7. The summed E-state index contributed by atoms with van der Waals surface area (Å²) in [4.78, 5) is 18.1. The molecule has 5 rings (SSSR count). The van der Waals surface area contributed by atoms with Gasteiger partial charge in [0.05, 0.1) is 18.3 Å². The maximum absolute atomic E-state index is 14.3. The van der Waals surface area contributed by atoms with E-state index in [2.05, 4.69) is 15.5 Å². The standard InChI is InChI=1S/C25H28F3N7O4/c1-15(38-2)13-39-20-11-19(30-18-6-4-3-5-17(18)20)22-32-31-21-8-10-34(14-35(21)22)23(25(26,27)28)33-9-7-16(12-33)29-24(36)37/h3-6,8,10-11,15-16,23,29H,7,9,12-14H2,1-2H3,(H,36,37)/t15-,16+,23-/m1/s1. The lowest BCUT2D eigenvalue weighted by molar-refractivity contribution is -0.219. The van der Waals surface area contributed by atoms with Crippen molar-refractivity contribution in [1.82, 2.24) is 34.9 Å². The summed E-state index contributed by atoms with van der Waals surface area (Å²) in [7, 11) is 1.59. The molecule has 4 heterocycles. The van der Waals surface area contributed by atoms with Gasteiger partial charge in [-0.25, -0.2) is 9.78 Å². The van der Waals surface area contributed by atoms with Gasteiger partial charge in [-0.2, -0.15) is 13.2 Å². The number of hydrogen-bond donors (Lipinski definition) is 2. The summed E-state index contributed by atoms with van der Waals surface area (Å²) in [6.45, 7) is 2.01. The fourth-order valence-corrected chi connectivity index (χ4v) is 4.86. The van der Waals surface area contributed by atoms with E-state index in [1.165, 1.54) is 17.2 Å².